The fourth-order valence-corrected chi connectivity index (χ4v) is 1.59. The number of carbonyl (C=O) groups is 1. The van der Waals surface area contributed by atoms with Crippen LogP contribution in [0.15, 0.2) is 12.5 Å². The Morgan fingerprint density at radius 1 is 1.59 bits per heavy atom. The molecule has 0 radical (unpaired) electrons. The summed E-state index contributed by atoms with van der Waals surface area (Å²) in [6, 6.07) is -0.0695. The molecule has 0 unspecified atom stereocenters. The average molecular weight is 238 g/mol. The molecule has 0 aromatic carbocycles. The molecule has 0 saturated carbocycles. The molecule has 5 nitrogen and oxygen atoms in total. The van der Waals surface area contributed by atoms with Crippen molar-refractivity contribution in [2.24, 2.45) is 5.73 Å². The van der Waals surface area contributed by atoms with Gasteiger partial charge in [0.05, 0.1) is 12.0 Å². The fourth-order valence-electron chi connectivity index (χ4n) is 1.59. The summed E-state index contributed by atoms with van der Waals surface area (Å²) < 4.78 is 1.80. The van der Waals surface area contributed by atoms with E-state index in [9.17, 15) is 4.79 Å². The monoisotopic (exact) mass is 238 g/mol. The summed E-state index contributed by atoms with van der Waals surface area (Å²) in [4.78, 5) is 15.8. The van der Waals surface area contributed by atoms with Crippen LogP contribution in [-0.4, -0.2) is 21.0 Å². The molecule has 5 heteroatoms. The number of hydrogen-bond donors (Lipinski definition) is 2. The molecule has 3 N–H and O–H groups in total. The summed E-state index contributed by atoms with van der Waals surface area (Å²) in [5.41, 5.74) is 6.63. The zero-order chi connectivity index (χ0) is 13.1. The normalized spacial score (nSPS) is 13.5. The van der Waals surface area contributed by atoms with Crippen molar-refractivity contribution in [2.45, 2.75) is 52.2 Å². The zero-order valence-electron chi connectivity index (χ0n) is 11.0. The molecular weight excluding hydrogens is 216 g/mol. The predicted octanol–water partition coefficient (Wildman–Crippen LogP) is 1.21. The molecule has 0 spiro atoms. The van der Waals surface area contributed by atoms with E-state index in [0.29, 0.717) is 0 Å². The van der Waals surface area contributed by atoms with Crippen LogP contribution in [0.4, 0.5) is 0 Å². The van der Waals surface area contributed by atoms with Gasteiger partial charge in [-0.2, -0.15) is 0 Å². The molecule has 1 aromatic heterocycles. The number of amides is 1. The minimum atomic E-state index is -0.218. The highest BCUT2D eigenvalue weighted by molar-refractivity contribution is 5.76. The van der Waals surface area contributed by atoms with Crippen molar-refractivity contribution in [3.63, 3.8) is 0 Å². The molecule has 0 aliphatic heterocycles. The lowest BCUT2D eigenvalue weighted by molar-refractivity contribution is -0.123. The van der Waals surface area contributed by atoms with Crippen LogP contribution < -0.4 is 11.1 Å². The van der Waals surface area contributed by atoms with Gasteiger partial charge < -0.3 is 15.6 Å². The van der Waals surface area contributed by atoms with Crippen LogP contribution in [0, 0.1) is 0 Å². The van der Waals surface area contributed by atoms with Crippen molar-refractivity contribution in [3.8, 4) is 0 Å². The van der Waals surface area contributed by atoms with Crippen LogP contribution in [0.5, 0.6) is 0 Å². The first-order chi connectivity index (χ1) is 7.83. The maximum absolute atomic E-state index is 11.8. The minimum absolute atomic E-state index is 0.0277. The van der Waals surface area contributed by atoms with Gasteiger partial charge in [0, 0.05) is 17.8 Å². The zero-order valence-corrected chi connectivity index (χ0v) is 11.0. The Labute approximate surface area is 102 Å². The lowest BCUT2D eigenvalue weighted by Crippen LogP contribution is -2.42. The molecule has 0 aliphatic carbocycles. The number of hydrogen-bond acceptors (Lipinski definition) is 3. The van der Waals surface area contributed by atoms with E-state index in [4.69, 9.17) is 5.73 Å². The van der Waals surface area contributed by atoms with Gasteiger partial charge in [-0.15, -0.1) is 0 Å². The molecule has 1 rings (SSSR count). The number of aromatic nitrogens is 2. The summed E-state index contributed by atoms with van der Waals surface area (Å²) in [5, 5.41) is 2.91. The second-order valence-corrected chi connectivity index (χ2v) is 5.26. The first kappa shape index (κ1) is 13.7. The summed E-state index contributed by atoms with van der Waals surface area (Å²) in [6.07, 6.45) is 4.19. The summed E-state index contributed by atoms with van der Waals surface area (Å²) in [6.45, 7) is 8.14. The van der Waals surface area contributed by atoms with Crippen molar-refractivity contribution >= 4 is 5.91 Å². The van der Waals surface area contributed by atoms with Crippen LogP contribution in [0.25, 0.3) is 0 Å². The smallest absolute Gasteiger partial charge is 0.240 e. The van der Waals surface area contributed by atoms with E-state index < -0.39 is 0 Å². The lowest BCUT2D eigenvalue weighted by atomic mass is 10.1. The molecule has 0 saturated heterocycles. The second-order valence-electron chi connectivity index (χ2n) is 5.26. The van der Waals surface area contributed by atoms with Crippen molar-refractivity contribution in [1.82, 2.24) is 14.9 Å². The number of imidazole rings is 1. The van der Waals surface area contributed by atoms with Gasteiger partial charge in [-0.05, 0) is 27.2 Å². The lowest BCUT2D eigenvalue weighted by Gasteiger charge is -2.21. The van der Waals surface area contributed by atoms with Gasteiger partial charge in [-0.25, -0.2) is 4.98 Å². The van der Waals surface area contributed by atoms with E-state index in [0.717, 1.165) is 12.1 Å². The standard InChI is InChI=1S/C12H22N4O/c1-5-9(13)10-6-14-8-16(10)7-11(17)15-12(2,3)4/h6,8-9H,5,7,13H2,1-4H3,(H,15,17)/t9-/m1/s1. The third-order valence-electron chi connectivity index (χ3n) is 2.39. The Balaban J connectivity index is 2.69. The maximum Gasteiger partial charge on any atom is 0.240 e. The molecule has 1 atom stereocenters. The molecule has 1 amide bonds. The van der Waals surface area contributed by atoms with Gasteiger partial charge in [0.15, 0.2) is 0 Å². The van der Waals surface area contributed by atoms with Gasteiger partial charge in [-0.1, -0.05) is 6.92 Å². The number of carbonyl (C=O) groups excluding carboxylic acids is 1. The Bertz CT molecular complexity index is 378. The average Bonchev–Trinajstić information content (AvgIpc) is 2.61. The first-order valence-electron chi connectivity index (χ1n) is 5.90. The molecule has 0 aliphatic rings. The number of nitrogens with zero attached hydrogens (tertiary/aromatic N) is 2. The molecule has 1 heterocycles. The largest absolute Gasteiger partial charge is 0.350 e. The minimum Gasteiger partial charge on any atom is -0.350 e. The topological polar surface area (TPSA) is 72.9 Å². The van der Waals surface area contributed by atoms with Crippen molar-refractivity contribution in [2.75, 3.05) is 0 Å². The number of nitrogens with two attached hydrogens (primary N) is 1. The van der Waals surface area contributed by atoms with Gasteiger partial charge in [-0.3, -0.25) is 4.79 Å². The molecular formula is C12H22N4O. The summed E-state index contributed by atoms with van der Waals surface area (Å²) >= 11 is 0. The number of nitrogens with one attached hydrogen (secondary N) is 1. The van der Waals surface area contributed by atoms with Crippen molar-refractivity contribution in [1.29, 1.82) is 0 Å². The molecule has 96 valence electrons. The van der Waals surface area contributed by atoms with E-state index in [2.05, 4.69) is 10.3 Å². The Morgan fingerprint density at radius 3 is 2.76 bits per heavy atom. The van der Waals surface area contributed by atoms with Crippen LogP contribution >= 0.6 is 0 Å². The van der Waals surface area contributed by atoms with E-state index >= 15 is 0 Å². The Kier molecular flexibility index (Phi) is 4.28. The van der Waals surface area contributed by atoms with Crippen LogP contribution in [0.2, 0.25) is 0 Å². The van der Waals surface area contributed by atoms with E-state index in [1.54, 1.807) is 17.1 Å². The molecule has 0 bridgehead atoms. The van der Waals surface area contributed by atoms with Gasteiger partial charge in [0.1, 0.15) is 6.54 Å². The van der Waals surface area contributed by atoms with Crippen LogP contribution in [-0.2, 0) is 11.3 Å². The van der Waals surface area contributed by atoms with Gasteiger partial charge in [0.25, 0.3) is 0 Å². The summed E-state index contributed by atoms with van der Waals surface area (Å²) in [5.74, 6) is -0.0277. The number of rotatable bonds is 4. The van der Waals surface area contributed by atoms with Crippen molar-refractivity contribution in [3.05, 3.63) is 18.2 Å². The Hall–Kier alpha value is -1.36. The molecule has 17 heavy (non-hydrogen) atoms. The SMILES string of the molecule is CC[C@@H](N)c1cncn1CC(=O)NC(C)(C)C. The highest BCUT2D eigenvalue weighted by Crippen LogP contribution is 2.12. The maximum atomic E-state index is 11.8. The highest BCUT2D eigenvalue weighted by Gasteiger charge is 2.16. The third kappa shape index (κ3) is 4.19. The van der Waals surface area contributed by atoms with Crippen LogP contribution in [0.1, 0.15) is 45.9 Å². The molecule has 1 aromatic rings. The van der Waals surface area contributed by atoms with Gasteiger partial charge >= 0.3 is 0 Å². The predicted molar refractivity (Wildman–Crippen MR) is 67.3 cm³/mol. The van der Waals surface area contributed by atoms with E-state index in [1.165, 1.54) is 0 Å². The highest BCUT2D eigenvalue weighted by atomic mass is 16.2. The third-order valence-corrected chi connectivity index (χ3v) is 2.39. The van der Waals surface area contributed by atoms with Gasteiger partial charge in [0.2, 0.25) is 5.91 Å². The van der Waals surface area contributed by atoms with Crippen LogP contribution in [0.3, 0.4) is 0 Å². The van der Waals surface area contributed by atoms with Crippen molar-refractivity contribution < 1.29 is 4.79 Å². The second kappa shape index (κ2) is 5.31. The molecule has 0 fully saturated rings. The fraction of sp³-hybridized carbons (Fsp3) is 0.667. The first-order valence-corrected chi connectivity index (χ1v) is 5.90. The van der Waals surface area contributed by atoms with E-state index in [-0.39, 0.29) is 24.0 Å². The Morgan fingerprint density at radius 2 is 2.24 bits per heavy atom. The summed E-state index contributed by atoms with van der Waals surface area (Å²) in [7, 11) is 0. The quantitative estimate of drug-likeness (QED) is 0.828. The van der Waals surface area contributed by atoms with E-state index in [1.807, 2.05) is 27.7 Å².